The van der Waals surface area contributed by atoms with Crippen molar-refractivity contribution in [3.8, 4) is 0 Å². The molecule has 26 heavy (non-hydrogen) atoms. The second-order valence-corrected chi connectivity index (χ2v) is 8.76. The van der Waals surface area contributed by atoms with E-state index in [9.17, 15) is 9.59 Å². The van der Waals surface area contributed by atoms with Crippen molar-refractivity contribution in [3.05, 3.63) is 58.7 Å². The molecule has 2 aromatic rings. The van der Waals surface area contributed by atoms with Crippen LogP contribution in [0.3, 0.4) is 0 Å². The Balaban J connectivity index is 2.38. The predicted octanol–water partition coefficient (Wildman–Crippen LogP) is 4.51. The Labute approximate surface area is 155 Å². The van der Waals surface area contributed by atoms with Crippen molar-refractivity contribution in [1.82, 2.24) is 0 Å². The van der Waals surface area contributed by atoms with E-state index < -0.39 is 11.6 Å². The first-order valence-electron chi connectivity index (χ1n) is 8.71. The fourth-order valence-electron chi connectivity index (χ4n) is 2.72. The van der Waals surface area contributed by atoms with Crippen molar-refractivity contribution in [1.29, 1.82) is 0 Å². The first-order chi connectivity index (χ1) is 11.8. The van der Waals surface area contributed by atoms with Gasteiger partial charge in [0.05, 0.1) is 0 Å². The van der Waals surface area contributed by atoms with Gasteiger partial charge in [0.15, 0.2) is 0 Å². The Morgan fingerprint density at radius 2 is 0.962 bits per heavy atom. The van der Waals surface area contributed by atoms with Crippen LogP contribution in [0.2, 0.25) is 0 Å². The third kappa shape index (κ3) is 3.96. The van der Waals surface area contributed by atoms with Crippen LogP contribution in [0, 0.1) is 0 Å². The highest BCUT2D eigenvalue weighted by Gasteiger charge is 2.25. The number of rotatable bonds is 3. The molecule has 4 heteroatoms. The summed E-state index contributed by atoms with van der Waals surface area (Å²) in [6, 6.07) is 10.4. The third-order valence-corrected chi connectivity index (χ3v) is 4.53. The second kappa shape index (κ2) is 6.60. The molecule has 2 aromatic carbocycles. The standard InChI is InChI=1S/C22H28N2O2/c1-21(2,3)13-7-9-15(17(23)11-13)19(25)20(26)16-10-8-14(12-18(16)24)22(4,5)6/h7-12H,23-24H2,1-6H3. The maximum Gasteiger partial charge on any atom is 0.235 e. The first kappa shape index (κ1) is 19.7. The summed E-state index contributed by atoms with van der Waals surface area (Å²) < 4.78 is 0. The Kier molecular flexibility index (Phi) is 5.00. The van der Waals surface area contributed by atoms with E-state index >= 15 is 0 Å². The number of ketones is 2. The molecule has 2 rings (SSSR count). The topological polar surface area (TPSA) is 86.2 Å². The molecule has 0 aromatic heterocycles. The van der Waals surface area contributed by atoms with Crippen LogP contribution in [0.5, 0.6) is 0 Å². The summed E-state index contributed by atoms with van der Waals surface area (Å²) in [5.41, 5.74) is 15.0. The lowest BCUT2D eigenvalue weighted by Gasteiger charge is -2.21. The lowest BCUT2D eigenvalue weighted by Crippen LogP contribution is -2.20. The molecule has 0 bridgehead atoms. The van der Waals surface area contributed by atoms with E-state index in [1.54, 1.807) is 24.3 Å². The van der Waals surface area contributed by atoms with Gasteiger partial charge in [-0.2, -0.15) is 0 Å². The maximum atomic E-state index is 12.7. The average molecular weight is 352 g/mol. The van der Waals surface area contributed by atoms with Crippen molar-refractivity contribution in [2.75, 3.05) is 11.5 Å². The van der Waals surface area contributed by atoms with Gasteiger partial charge in [0.1, 0.15) is 0 Å². The zero-order chi connectivity index (χ0) is 19.9. The summed E-state index contributed by atoms with van der Waals surface area (Å²) in [7, 11) is 0. The minimum absolute atomic E-state index is 0.0904. The minimum Gasteiger partial charge on any atom is -0.398 e. The van der Waals surface area contributed by atoms with Crippen LogP contribution >= 0.6 is 0 Å². The van der Waals surface area contributed by atoms with Crippen molar-refractivity contribution >= 4 is 22.9 Å². The number of carbonyl (C=O) groups excluding carboxylic acids is 2. The number of benzene rings is 2. The zero-order valence-corrected chi connectivity index (χ0v) is 16.4. The smallest absolute Gasteiger partial charge is 0.235 e. The highest BCUT2D eigenvalue weighted by Crippen LogP contribution is 2.29. The Hall–Kier alpha value is -2.62. The van der Waals surface area contributed by atoms with E-state index in [0.29, 0.717) is 11.4 Å². The van der Waals surface area contributed by atoms with Crippen LogP contribution < -0.4 is 11.5 Å². The molecule has 0 fully saturated rings. The van der Waals surface area contributed by atoms with Gasteiger partial charge in [-0.05, 0) is 46.2 Å². The quantitative estimate of drug-likeness (QED) is 0.483. The number of hydrogen-bond acceptors (Lipinski definition) is 4. The van der Waals surface area contributed by atoms with Crippen LogP contribution in [0.4, 0.5) is 11.4 Å². The van der Waals surface area contributed by atoms with Gasteiger partial charge in [-0.25, -0.2) is 0 Å². The normalized spacial score (nSPS) is 12.1. The lowest BCUT2D eigenvalue weighted by atomic mass is 9.84. The van der Waals surface area contributed by atoms with Crippen molar-refractivity contribution in [2.24, 2.45) is 0 Å². The summed E-state index contributed by atoms with van der Waals surface area (Å²) in [5.74, 6) is -1.28. The summed E-state index contributed by atoms with van der Waals surface area (Å²) in [6.07, 6.45) is 0. The molecule has 0 atom stereocenters. The molecule has 0 aliphatic carbocycles. The van der Waals surface area contributed by atoms with Gasteiger partial charge in [0.2, 0.25) is 11.6 Å². The average Bonchev–Trinajstić information content (AvgIpc) is 2.51. The van der Waals surface area contributed by atoms with E-state index in [2.05, 4.69) is 41.5 Å². The van der Waals surface area contributed by atoms with E-state index in [-0.39, 0.29) is 22.0 Å². The Morgan fingerprint density at radius 1 is 0.654 bits per heavy atom. The maximum absolute atomic E-state index is 12.7. The highest BCUT2D eigenvalue weighted by molar-refractivity contribution is 6.50. The van der Waals surface area contributed by atoms with Crippen LogP contribution in [-0.4, -0.2) is 11.6 Å². The number of carbonyl (C=O) groups is 2. The molecule has 0 spiro atoms. The van der Waals surface area contributed by atoms with Gasteiger partial charge in [-0.15, -0.1) is 0 Å². The van der Waals surface area contributed by atoms with Gasteiger partial charge >= 0.3 is 0 Å². The molecular formula is C22H28N2O2. The molecule has 0 amide bonds. The van der Waals surface area contributed by atoms with E-state index in [1.165, 1.54) is 0 Å². The molecule has 0 heterocycles. The molecular weight excluding hydrogens is 324 g/mol. The van der Waals surface area contributed by atoms with Crippen molar-refractivity contribution in [2.45, 2.75) is 52.4 Å². The Bertz CT molecular complexity index is 795. The monoisotopic (exact) mass is 352 g/mol. The molecule has 0 radical (unpaired) electrons. The number of anilines is 2. The van der Waals surface area contributed by atoms with Crippen molar-refractivity contribution < 1.29 is 9.59 Å². The molecule has 0 saturated carbocycles. The lowest BCUT2D eigenvalue weighted by molar-refractivity contribution is 0.0818. The summed E-state index contributed by atoms with van der Waals surface area (Å²) in [5, 5.41) is 0. The molecule has 0 unspecified atom stereocenters. The zero-order valence-electron chi connectivity index (χ0n) is 16.4. The first-order valence-corrected chi connectivity index (χ1v) is 8.71. The molecule has 138 valence electrons. The number of hydrogen-bond donors (Lipinski definition) is 2. The predicted molar refractivity (Wildman–Crippen MR) is 108 cm³/mol. The van der Waals surface area contributed by atoms with Crippen LogP contribution in [0.15, 0.2) is 36.4 Å². The summed E-state index contributed by atoms with van der Waals surface area (Å²) in [6.45, 7) is 12.4. The minimum atomic E-state index is -0.641. The van der Waals surface area contributed by atoms with Crippen LogP contribution in [0.1, 0.15) is 73.4 Å². The number of nitrogens with two attached hydrogens (primary N) is 2. The van der Waals surface area contributed by atoms with E-state index in [1.807, 2.05) is 12.1 Å². The SMILES string of the molecule is CC(C)(C)c1ccc(C(=O)C(=O)c2ccc(C(C)(C)C)cc2N)c(N)c1. The second-order valence-electron chi connectivity index (χ2n) is 8.76. The van der Waals surface area contributed by atoms with Gasteiger partial charge in [0, 0.05) is 22.5 Å². The fourth-order valence-corrected chi connectivity index (χ4v) is 2.72. The number of Topliss-reactive ketones (excluding diaryl/α,β-unsaturated/α-hetero) is 2. The van der Waals surface area contributed by atoms with Gasteiger partial charge < -0.3 is 11.5 Å². The van der Waals surface area contributed by atoms with Gasteiger partial charge in [-0.1, -0.05) is 53.7 Å². The van der Waals surface area contributed by atoms with Crippen LogP contribution in [-0.2, 0) is 10.8 Å². The van der Waals surface area contributed by atoms with E-state index in [4.69, 9.17) is 11.5 Å². The summed E-state index contributed by atoms with van der Waals surface area (Å²) >= 11 is 0. The molecule has 4 N–H and O–H groups in total. The molecule has 0 saturated heterocycles. The molecule has 0 aliphatic heterocycles. The van der Waals surface area contributed by atoms with Gasteiger partial charge in [-0.3, -0.25) is 9.59 Å². The molecule has 0 aliphatic rings. The largest absolute Gasteiger partial charge is 0.398 e. The highest BCUT2D eigenvalue weighted by atomic mass is 16.2. The number of nitrogen functional groups attached to an aromatic ring is 2. The van der Waals surface area contributed by atoms with Gasteiger partial charge in [0.25, 0.3) is 0 Å². The summed E-state index contributed by atoms with van der Waals surface area (Å²) in [4.78, 5) is 25.4. The fraction of sp³-hybridized carbons (Fsp3) is 0.364. The molecule has 4 nitrogen and oxygen atoms in total. The van der Waals surface area contributed by atoms with E-state index in [0.717, 1.165) is 11.1 Å². The Morgan fingerprint density at radius 3 is 1.19 bits per heavy atom. The van der Waals surface area contributed by atoms with Crippen LogP contribution in [0.25, 0.3) is 0 Å². The third-order valence-electron chi connectivity index (χ3n) is 4.53. The van der Waals surface area contributed by atoms with Crippen molar-refractivity contribution in [3.63, 3.8) is 0 Å².